The summed E-state index contributed by atoms with van der Waals surface area (Å²) in [5.41, 5.74) is 1.61. The van der Waals surface area contributed by atoms with Gasteiger partial charge in [-0.15, -0.1) is 0 Å². The van der Waals surface area contributed by atoms with Crippen LogP contribution in [0.1, 0.15) is 45.1 Å². The fourth-order valence-corrected chi connectivity index (χ4v) is 4.17. The van der Waals surface area contributed by atoms with Gasteiger partial charge in [-0.2, -0.15) is 0 Å². The molecule has 0 atom stereocenters. The van der Waals surface area contributed by atoms with Crippen LogP contribution in [-0.4, -0.2) is 13.6 Å². The number of halogens is 2. The largest absolute Gasteiger partial charge is 0.319 e. The van der Waals surface area contributed by atoms with Crippen molar-refractivity contribution in [1.29, 1.82) is 0 Å². The Hall–Kier alpha value is -0.600. The van der Waals surface area contributed by atoms with Gasteiger partial charge in [0.1, 0.15) is 5.82 Å². The lowest BCUT2D eigenvalue weighted by atomic mass is 9.48. The van der Waals surface area contributed by atoms with Gasteiger partial charge in [0.2, 0.25) is 0 Å². The van der Waals surface area contributed by atoms with Gasteiger partial charge in [-0.05, 0) is 43.0 Å². The average Bonchev–Trinajstić information content (AvgIpc) is 2.34. The molecule has 0 unspecified atom stereocenters. The maximum Gasteiger partial charge on any atom is 0.124 e. The van der Waals surface area contributed by atoms with Gasteiger partial charge in [-0.25, -0.2) is 4.39 Å². The van der Waals surface area contributed by atoms with Gasteiger partial charge in [-0.3, -0.25) is 0 Å². The van der Waals surface area contributed by atoms with E-state index in [2.05, 4.69) is 19.2 Å². The first-order valence-electron chi connectivity index (χ1n) is 7.11. The fourth-order valence-electron chi connectivity index (χ4n) is 3.80. The minimum Gasteiger partial charge on any atom is -0.319 e. The molecule has 0 heterocycles. The fraction of sp³-hybridized carbons (Fsp3) is 0.625. The first kappa shape index (κ1) is 14.8. The first-order chi connectivity index (χ1) is 9.01. The highest BCUT2D eigenvalue weighted by atomic mass is 35.5. The van der Waals surface area contributed by atoms with Gasteiger partial charge < -0.3 is 5.32 Å². The van der Waals surface area contributed by atoms with Crippen LogP contribution >= 0.6 is 11.6 Å². The molecule has 2 rings (SSSR count). The third kappa shape index (κ3) is 2.53. The predicted octanol–water partition coefficient (Wildman–Crippen LogP) is 4.54. The summed E-state index contributed by atoms with van der Waals surface area (Å²) in [4.78, 5) is 0. The number of benzene rings is 1. The van der Waals surface area contributed by atoms with Crippen molar-refractivity contribution in [3.63, 3.8) is 0 Å². The first-order valence-corrected chi connectivity index (χ1v) is 7.49. The van der Waals surface area contributed by atoms with Crippen LogP contribution in [0, 0.1) is 11.2 Å². The highest BCUT2D eigenvalue weighted by molar-refractivity contribution is 6.31. The summed E-state index contributed by atoms with van der Waals surface area (Å²) in [5, 5.41) is 3.85. The van der Waals surface area contributed by atoms with Gasteiger partial charge in [0.05, 0.1) is 0 Å². The molecule has 1 aromatic rings. The molecule has 0 spiro atoms. The molecule has 1 saturated carbocycles. The molecule has 0 bridgehead atoms. The summed E-state index contributed by atoms with van der Waals surface area (Å²) < 4.78 is 13.2. The van der Waals surface area contributed by atoms with Gasteiger partial charge in [-0.1, -0.05) is 44.4 Å². The molecular formula is C16H23ClFN. The van der Waals surface area contributed by atoms with E-state index in [1.807, 2.05) is 13.1 Å². The summed E-state index contributed by atoms with van der Waals surface area (Å²) in [6.07, 6.45) is 4.68. The molecule has 0 radical (unpaired) electrons. The Morgan fingerprint density at radius 2 is 1.89 bits per heavy atom. The summed E-state index contributed by atoms with van der Waals surface area (Å²) >= 11 is 6.27. The maximum absolute atomic E-state index is 13.2. The standard InChI is InChI=1S/C16H23ClFN/c1-4-15(5-2)9-16(10-15,11-19-3)13-7-6-12(18)8-14(13)17/h6-8,19H,4-5,9-11H2,1-3H3. The molecule has 1 N–H and O–H groups in total. The Morgan fingerprint density at radius 3 is 2.37 bits per heavy atom. The lowest BCUT2D eigenvalue weighted by Gasteiger charge is -2.57. The summed E-state index contributed by atoms with van der Waals surface area (Å²) in [6, 6.07) is 4.83. The van der Waals surface area contributed by atoms with Crippen LogP contribution in [-0.2, 0) is 5.41 Å². The minimum absolute atomic E-state index is 0.0750. The van der Waals surface area contributed by atoms with Crippen molar-refractivity contribution >= 4 is 11.6 Å². The van der Waals surface area contributed by atoms with Crippen LogP contribution in [0.3, 0.4) is 0 Å². The number of likely N-dealkylation sites (N-methyl/N-ethyl adjacent to an activating group) is 1. The molecule has 3 heteroatoms. The molecule has 1 fully saturated rings. The average molecular weight is 284 g/mol. The molecule has 106 valence electrons. The number of hydrogen-bond donors (Lipinski definition) is 1. The smallest absolute Gasteiger partial charge is 0.124 e. The maximum atomic E-state index is 13.2. The van der Waals surface area contributed by atoms with E-state index in [0.29, 0.717) is 10.4 Å². The van der Waals surface area contributed by atoms with Crippen LogP contribution in [0.2, 0.25) is 5.02 Å². The Labute approximate surface area is 120 Å². The Bertz CT molecular complexity index is 446. The van der Waals surface area contributed by atoms with Gasteiger partial charge in [0, 0.05) is 17.0 Å². The number of rotatable bonds is 5. The second kappa shape index (κ2) is 5.41. The highest BCUT2D eigenvalue weighted by Gasteiger charge is 2.53. The van der Waals surface area contributed by atoms with E-state index in [1.54, 1.807) is 0 Å². The van der Waals surface area contributed by atoms with Gasteiger partial charge >= 0.3 is 0 Å². The summed E-state index contributed by atoms with van der Waals surface area (Å²) in [6.45, 7) is 5.43. The predicted molar refractivity (Wildman–Crippen MR) is 79.3 cm³/mol. The number of nitrogens with one attached hydrogen (secondary N) is 1. The minimum atomic E-state index is -0.259. The normalized spacial score (nSPS) is 20.1. The Morgan fingerprint density at radius 1 is 1.26 bits per heavy atom. The van der Waals surface area contributed by atoms with Crippen LogP contribution in [0.15, 0.2) is 18.2 Å². The highest BCUT2D eigenvalue weighted by Crippen LogP contribution is 2.59. The third-order valence-electron chi connectivity index (χ3n) is 4.94. The lowest BCUT2D eigenvalue weighted by Crippen LogP contribution is -2.54. The van der Waals surface area contributed by atoms with Crippen LogP contribution < -0.4 is 5.32 Å². The number of hydrogen-bond acceptors (Lipinski definition) is 1. The van der Waals surface area contributed by atoms with E-state index in [9.17, 15) is 4.39 Å². The molecule has 1 nitrogen and oxygen atoms in total. The van der Waals surface area contributed by atoms with E-state index in [-0.39, 0.29) is 11.2 Å². The van der Waals surface area contributed by atoms with E-state index in [4.69, 9.17) is 11.6 Å². The molecule has 0 aliphatic heterocycles. The zero-order valence-electron chi connectivity index (χ0n) is 12.0. The second-order valence-electron chi connectivity index (χ2n) is 6.00. The molecule has 1 aliphatic carbocycles. The molecule has 0 saturated heterocycles. The third-order valence-corrected chi connectivity index (χ3v) is 5.26. The van der Waals surface area contributed by atoms with Crippen molar-refractivity contribution in [3.8, 4) is 0 Å². The van der Waals surface area contributed by atoms with Crippen molar-refractivity contribution in [3.05, 3.63) is 34.6 Å². The molecule has 1 aliphatic rings. The van der Waals surface area contributed by atoms with Crippen LogP contribution in [0.4, 0.5) is 4.39 Å². The topological polar surface area (TPSA) is 12.0 Å². The van der Waals surface area contributed by atoms with E-state index < -0.39 is 0 Å². The van der Waals surface area contributed by atoms with Gasteiger partial charge in [0.25, 0.3) is 0 Å². The summed E-state index contributed by atoms with van der Waals surface area (Å²) in [5.74, 6) is -0.259. The van der Waals surface area contributed by atoms with E-state index in [0.717, 1.165) is 24.9 Å². The molecular weight excluding hydrogens is 261 g/mol. The molecule has 0 aromatic heterocycles. The SMILES string of the molecule is CCC1(CC)CC(CNC)(c2ccc(F)cc2Cl)C1. The Balaban J connectivity index is 2.32. The quantitative estimate of drug-likeness (QED) is 0.837. The van der Waals surface area contributed by atoms with E-state index in [1.165, 1.54) is 25.0 Å². The van der Waals surface area contributed by atoms with Crippen molar-refractivity contribution in [2.24, 2.45) is 5.41 Å². The lowest BCUT2D eigenvalue weighted by molar-refractivity contribution is 0.0141. The second-order valence-corrected chi connectivity index (χ2v) is 6.40. The van der Waals surface area contributed by atoms with Crippen molar-refractivity contribution in [2.75, 3.05) is 13.6 Å². The van der Waals surface area contributed by atoms with Crippen molar-refractivity contribution in [1.82, 2.24) is 5.32 Å². The monoisotopic (exact) mass is 283 g/mol. The molecule has 1 aromatic carbocycles. The summed E-state index contributed by atoms with van der Waals surface area (Å²) in [7, 11) is 1.97. The van der Waals surface area contributed by atoms with E-state index >= 15 is 0 Å². The van der Waals surface area contributed by atoms with Crippen LogP contribution in [0.25, 0.3) is 0 Å². The zero-order valence-corrected chi connectivity index (χ0v) is 12.8. The van der Waals surface area contributed by atoms with Crippen molar-refractivity contribution in [2.45, 2.75) is 44.9 Å². The molecule has 19 heavy (non-hydrogen) atoms. The zero-order chi connectivity index (χ0) is 14.1. The van der Waals surface area contributed by atoms with Crippen molar-refractivity contribution < 1.29 is 4.39 Å². The molecule has 0 amide bonds. The Kier molecular flexibility index (Phi) is 4.22. The van der Waals surface area contributed by atoms with Crippen LogP contribution in [0.5, 0.6) is 0 Å². The van der Waals surface area contributed by atoms with Gasteiger partial charge in [0.15, 0.2) is 0 Å².